The highest BCUT2D eigenvalue weighted by molar-refractivity contribution is 6.21. The van der Waals surface area contributed by atoms with Crippen LogP contribution in [0.1, 0.15) is 0 Å². The molecule has 0 bridgehead atoms. The standard InChI is InChI=1S/C5H8N2O2/c1-2-3-6-7-4-5(8)9/h2,4,6H,1,3H2,(H,8,9)/b7-4+. The molecule has 0 saturated heterocycles. The molecule has 4 heteroatoms. The van der Waals surface area contributed by atoms with Gasteiger partial charge in [0.2, 0.25) is 0 Å². The average Bonchev–Trinajstić information content (AvgIpc) is 1.80. The van der Waals surface area contributed by atoms with E-state index in [2.05, 4.69) is 17.1 Å². The van der Waals surface area contributed by atoms with Gasteiger partial charge in [0.25, 0.3) is 0 Å². The molecule has 0 aliphatic rings. The van der Waals surface area contributed by atoms with Gasteiger partial charge in [-0.3, -0.25) is 0 Å². The van der Waals surface area contributed by atoms with E-state index in [0.29, 0.717) is 6.54 Å². The van der Waals surface area contributed by atoms with Crippen LogP contribution in [0.4, 0.5) is 0 Å². The Balaban J connectivity index is 3.24. The van der Waals surface area contributed by atoms with Crippen molar-refractivity contribution >= 4 is 12.2 Å². The molecule has 4 nitrogen and oxygen atoms in total. The number of hydrogen-bond donors (Lipinski definition) is 2. The van der Waals surface area contributed by atoms with Gasteiger partial charge in [-0.25, -0.2) is 4.79 Å². The molecule has 0 fully saturated rings. The second kappa shape index (κ2) is 4.83. The highest BCUT2D eigenvalue weighted by Gasteiger charge is 1.82. The number of hydrazone groups is 1. The summed E-state index contributed by atoms with van der Waals surface area (Å²) in [6, 6.07) is 0. The molecule has 0 rings (SSSR count). The Morgan fingerprint density at radius 1 is 1.89 bits per heavy atom. The Labute approximate surface area is 52.9 Å². The molecule has 0 amide bonds. The lowest BCUT2D eigenvalue weighted by molar-refractivity contribution is -0.128. The molecule has 9 heavy (non-hydrogen) atoms. The second-order valence-electron chi connectivity index (χ2n) is 1.25. The van der Waals surface area contributed by atoms with Gasteiger partial charge in [-0.1, -0.05) is 6.08 Å². The number of carboxylic acid groups (broad SMARTS) is 1. The Kier molecular flexibility index (Phi) is 4.12. The minimum absolute atomic E-state index is 0.476. The number of rotatable bonds is 4. The van der Waals surface area contributed by atoms with Crippen LogP contribution in [0.2, 0.25) is 0 Å². The molecule has 0 unspecified atom stereocenters. The molecule has 0 aliphatic heterocycles. The molecule has 0 aromatic heterocycles. The van der Waals surface area contributed by atoms with Crippen LogP contribution < -0.4 is 5.43 Å². The lowest BCUT2D eigenvalue weighted by Crippen LogP contribution is -2.07. The van der Waals surface area contributed by atoms with Crippen molar-refractivity contribution in [1.29, 1.82) is 0 Å². The van der Waals surface area contributed by atoms with Crippen LogP contribution in [-0.4, -0.2) is 23.8 Å². The van der Waals surface area contributed by atoms with Gasteiger partial charge in [0.15, 0.2) is 0 Å². The molecular weight excluding hydrogens is 120 g/mol. The van der Waals surface area contributed by atoms with Crippen molar-refractivity contribution in [3.05, 3.63) is 12.7 Å². The minimum atomic E-state index is -1.06. The average molecular weight is 128 g/mol. The molecule has 0 spiro atoms. The van der Waals surface area contributed by atoms with Crippen molar-refractivity contribution in [1.82, 2.24) is 5.43 Å². The van der Waals surface area contributed by atoms with Crippen molar-refractivity contribution in [2.75, 3.05) is 6.54 Å². The van der Waals surface area contributed by atoms with Gasteiger partial charge in [-0.2, -0.15) is 5.10 Å². The summed E-state index contributed by atoms with van der Waals surface area (Å²) >= 11 is 0. The zero-order chi connectivity index (χ0) is 7.11. The topological polar surface area (TPSA) is 61.7 Å². The molecule has 0 atom stereocenters. The van der Waals surface area contributed by atoms with Crippen molar-refractivity contribution in [3.8, 4) is 0 Å². The number of nitrogens with one attached hydrogen (secondary N) is 1. The van der Waals surface area contributed by atoms with Crippen LogP contribution in [0, 0.1) is 0 Å². The lowest BCUT2D eigenvalue weighted by atomic mass is 10.7. The van der Waals surface area contributed by atoms with Crippen LogP contribution in [-0.2, 0) is 4.79 Å². The van der Waals surface area contributed by atoms with E-state index in [-0.39, 0.29) is 0 Å². The molecule has 0 heterocycles. The first kappa shape index (κ1) is 7.68. The van der Waals surface area contributed by atoms with E-state index in [0.717, 1.165) is 6.21 Å². The predicted octanol–water partition coefficient (Wildman–Crippen LogP) is -0.168. The maximum absolute atomic E-state index is 9.75. The quantitative estimate of drug-likeness (QED) is 0.239. The van der Waals surface area contributed by atoms with E-state index in [9.17, 15) is 4.79 Å². The summed E-state index contributed by atoms with van der Waals surface area (Å²) in [6.07, 6.45) is 2.36. The van der Waals surface area contributed by atoms with Gasteiger partial charge in [0, 0.05) is 0 Å². The molecule has 0 saturated carbocycles. The summed E-state index contributed by atoms with van der Waals surface area (Å²) in [4.78, 5) is 9.75. The normalized spacial score (nSPS) is 9.33. The van der Waals surface area contributed by atoms with Crippen LogP contribution in [0.5, 0.6) is 0 Å². The smallest absolute Gasteiger partial charge is 0.348 e. The second-order valence-corrected chi connectivity index (χ2v) is 1.25. The lowest BCUT2D eigenvalue weighted by Gasteiger charge is -1.88. The van der Waals surface area contributed by atoms with E-state index < -0.39 is 5.97 Å². The van der Waals surface area contributed by atoms with Crippen molar-refractivity contribution in [2.24, 2.45) is 5.10 Å². The van der Waals surface area contributed by atoms with E-state index in [4.69, 9.17) is 5.11 Å². The molecule has 0 aromatic rings. The number of nitrogens with zero attached hydrogens (tertiary/aromatic N) is 1. The van der Waals surface area contributed by atoms with Crippen molar-refractivity contribution < 1.29 is 9.90 Å². The van der Waals surface area contributed by atoms with Crippen molar-refractivity contribution in [3.63, 3.8) is 0 Å². The zero-order valence-corrected chi connectivity index (χ0v) is 4.87. The fourth-order valence-corrected chi connectivity index (χ4v) is 0.218. The molecule has 2 N–H and O–H groups in total. The van der Waals surface area contributed by atoms with E-state index in [1.165, 1.54) is 0 Å². The molecule has 0 radical (unpaired) electrons. The first-order valence-corrected chi connectivity index (χ1v) is 2.37. The SMILES string of the molecule is C=CCN/N=C/C(=O)O. The highest BCUT2D eigenvalue weighted by atomic mass is 16.4. The van der Waals surface area contributed by atoms with Gasteiger partial charge >= 0.3 is 5.97 Å². The predicted molar refractivity (Wildman–Crippen MR) is 34.3 cm³/mol. The zero-order valence-electron chi connectivity index (χ0n) is 4.87. The Morgan fingerprint density at radius 3 is 3.00 bits per heavy atom. The number of aliphatic carboxylic acids is 1. The molecule has 50 valence electrons. The van der Waals surface area contributed by atoms with Crippen LogP contribution >= 0.6 is 0 Å². The summed E-state index contributed by atoms with van der Waals surface area (Å²) in [7, 11) is 0. The first-order chi connectivity index (χ1) is 4.27. The van der Waals surface area contributed by atoms with Gasteiger partial charge in [-0.05, 0) is 0 Å². The van der Waals surface area contributed by atoms with Gasteiger partial charge in [0.05, 0.1) is 6.54 Å². The van der Waals surface area contributed by atoms with Gasteiger partial charge < -0.3 is 10.5 Å². The van der Waals surface area contributed by atoms with E-state index >= 15 is 0 Å². The Morgan fingerprint density at radius 2 is 2.56 bits per heavy atom. The van der Waals surface area contributed by atoms with Crippen LogP contribution in [0.25, 0.3) is 0 Å². The Bertz CT molecular complexity index is 131. The number of carbonyl (C=O) groups is 1. The molecule has 0 aliphatic carbocycles. The van der Waals surface area contributed by atoms with E-state index in [1.54, 1.807) is 6.08 Å². The summed E-state index contributed by atoms with van der Waals surface area (Å²) in [5, 5.41) is 11.3. The first-order valence-electron chi connectivity index (χ1n) is 2.37. The molecular formula is C5H8N2O2. The third kappa shape index (κ3) is 6.68. The fourth-order valence-electron chi connectivity index (χ4n) is 0.218. The summed E-state index contributed by atoms with van der Waals surface area (Å²) in [5.41, 5.74) is 2.44. The summed E-state index contributed by atoms with van der Waals surface area (Å²) in [6.45, 7) is 3.87. The summed E-state index contributed by atoms with van der Waals surface area (Å²) < 4.78 is 0. The maximum Gasteiger partial charge on any atom is 0.348 e. The van der Waals surface area contributed by atoms with Gasteiger partial charge in [-0.15, -0.1) is 6.58 Å². The number of hydrogen-bond acceptors (Lipinski definition) is 3. The van der Waals surface area contributed by atoms with Crippen LogP contribution in [0.3, 0.4) is 0 Å². The Hall–Kier alpha value is -1.32. The minimum Gasteiger partial charge on any atom is -0.477 e. The van der Waals surface area contributed by atoms with E-state index in [1.807, 2.05) is 0 Å². The number of carboxylic acids is 1. The van der Waals surface area contributed by atoms with Gasteiger partial charge in [0.1, 0.15) is 6.21 Å². The third-order valence-corrected chi connectivity index (χ3v) is 0.502. The summed E-state index contributed by atoms with van der Waals surface area (Å²) in [5.74, 6) is -1.06. The maximum atomic E-state index is 9.75. The van der Waals surface area contributed by atoms with Crippen molar-refractivity contribution in [2.45, 2.75) is 0 Å². The monoisotopic (exact) mass is 128 g/mol. The largest absolute Gasteiger partial charge is 0.477 e. The molecule has 0 aromatic carbocycles. The fraction of sp³-hybridized carbons (Fsp3) is 0.200. The highest BCUT2D eigenvalue weighted by Crippen LogP contribution is 1.60. The van der Waals surface area contributed by atoms with Crippen LogP contribution in [0.15, 0.2) is 17.8 Å². The third-order valence-electron chi connectivity index (χ3n) is 0.502.